The molecule has 0 saturated carbocycles. The van der Waals surface area contributed by atoms with E-state index >= 15 is 0 Å². The minimum absolute atomic E-state index is 0.0426. The molecule has 1 aromatic carbocycles. The lowest BCUT2D eigenvalue weighted by molar-refractivity contribution is -0.119. The molecular weight excluding hydrogens is 254 g/mol. The number of rotatable bonds is 1. The Kier molecular flexibility index (Phi) is 3.04. The first-order valence-corrected chi connectivity index (χ1v) is 7.27. The van der Waals surface area contributed by atoms with E-state index in [1.54, 1.807) is 31.3 Å². The van der Waals surface area contributed by atoms with Gasteiger partial charge in [0.1, 0.15) is 6.04 Å². The van der Waals surface area contributed by atoms with Gasteiger partial charge >= 0.3 is 0 Å². The lowest BCUT2D eigenvalue weighted by Crippen LogP contribution is -2.47. The standard InChI is InChI=1S/C11H15N3O3S/c1-13-9-5-3-4-6-10(9)14(18(2,16)17)7-8(12)11(13)15/h3-6,8H,7,12H2,1-2H3/t8-/m0/s1. The van der Waals surface area contributed by atoms with Gasteiger partial charge < -0.3 is 10.6 Å². The van der Waals surface area contributed by atoms with Crippen molar-refractivity contribution in [3.8, 4) is 0 Å². The molecule has 0 aromatic heterocycles. The fraction of sp³-hybridized carbons (Fsp3) is 0.364. The number of carbonyl (C=O) groups excluding carboxylic acids is 1. The fourth-order valence-electron chi connectivity index (χ4n) is 2.00. The molecule has 0 saturated heterocycles. The van der Waals surface area contributed by atoms with Gasteiger partial charge in [0, 0.05) is 7.05 Å². The normalized spacial score (nSPS) is 20.6. The lowest BCUT2D eigenvalue weighted by Gasteiger charge is -2.23. The average Bonchev–Trinajstić information content (AvgIpc) is 2.40. The quantitative estimate of drug-likeness (QED) is 0.762. The van der Waals surface area contributed by atoms with Crippen LogP contribution in [0.15, 0.2) is 24.3 Å². The number of sulfonamides is 1. The Morgan fingerprint density at radius 2 is 1.83 bits per heavy atom. The van der Waals surface area contributed by atoms with Crippen LogP contribution in [-0.4, -0.2) is 40.2 Å². The summed E-state index contributed by atoms with van der Waals surface area (Å²) in [4.78, 5) is 13.4. The second-order valence-electron chi connectivity index (χ2n) is 4.29. The Labute approximate surface area is 106 Å². The van der Waals surface area contributed by atoms with E-state index in [9.17, 15) is 13.2 Å². The van der Waals surface area contributed by atoms with E-state index in [2.05, 4.69) is 0 Å². The first kappa shape index (κ1) is 12.8. The molecule has 0 aliphatic carbocycles. The number of fused-ring (bicyclic) bond motifs is 1. The van der Waals surface area contributed by atoms with E-state index in [1.165, 1.54) is 9.21 Å². The van der Waals surface area contributed by atoms with Crippen LogP contribution in [0.25, 0.3) is 0 Å². The summed E-state index contributed by atoms with van der Waals surface area (Å²) in [5.74, 6) is -0.298. The molecule has 0 fully saturated rings. The summed E-state index contributed by atoms with van der Waals surface area (Å²) >= 11 is 0. The van der Waals surface area contributed by atoms with Crippen LogP contribution in [-0.2, 0) is 14.8 Å². The zero-order valence-electron chi connectivity index (χ0n) is 10.2. The SMILES string of the molecule is CN1C(=O)[C@@H](N)CN(S(C)(=O)=O)c2ccccc21. The Morgan fingerprint density at radius 3 is 2.39 bits per heavy atom. The maximum atomic E-state index is 12.0. The molecule has 0 bridgehead atoms. The fourth-order valence-corrected chi connectivity index (χ4v) is 2.94. The molecule has 0 spiro atoms. The molecule has 1 amide bonds. The van der Waals surface area contributed by atoms with Crippen molar-refractivity contribution in [3.63, 3.8) is 0 Å². The smallest absolute Gasteiger partial charge is 0.245 e. The van der Waals surface area contributed by atoms with E-state index in [1.807, 2.05) is 0 Å². The number of anilines is 2. The zero-order valence-corrected chi connectivity index (χ0v) is 11.0. The van der Waals surface area contributed by atoms with Gasteiger partial charge in [0.15, 0.2) is 0 Å². The number of nitrogens with zero attached hydrogens (tertiary/aromatic N) is 2. The summed E-state index contributed by atoms with van der Waals surface area (Å²) in [6.45, 7) is -0.0426. The molecule has 7 heteroatoms. The molecule has 18 heavy (non-hydrogen) atoms. The van der Waals surface area contributed by atoms with E-state index in [-0.39, 0.29) is 12.5 Å². The third kappa shape index (κ3) is 2.06. The van der Waals surface area contributed by atoms with Gasteiger partial charge in [-0.1, -0.05) is 12.1 Å². The molecule has 98 valence electrons. The van der Waals surface area contributed by atoms with Gasteiger partial charge in [-0.15, -0.1) is 0 Å². The second kappa shape index (κ2) is 4.25. The molecule has 1 atom stereocenters. The molecule has 2 N–H and O–H groups in total. The van der Waals surface area contributed by atoms with Crippen molar-refractivity contribution in [3.05, 3.63) is 24.3 Å². The number of hydrogen-bond acceptors (Lipinski definition) is 4. The van der Waals surface area contributed by atoms with Gasteiger partial charge in [-0.2, -0.15) is 0 Å². The topological polar surface area (TPSA) is 83.7 Å². The van der Waals surface area contributed by atoms with Gasteiger partial charge in [-0.25, -0.2) is 8.42 Å². The molecule has 2 rings (SSSR count). The molecule has 0 unspecified atom stereocenters. The summed E-state index contributed by atoms with van der Waals surface area (Å²) in [5, 5.41) is 0. The third-order valence-electron chi connectivity index (χ3n) is 2.92. The first-order chi connectivity index (χ1) is 8.32. The highest BCUT2D eigenvalue weighted by Crippen LogP contribution is 2.32. The Hall–Kier alpha value is -1.60. The minimum Gasteiger partial charge on any atom is -0.318 e. The van der Waals surface area contributed by atoms with Crippen molar-refractivity contribution >= 4 is 27.3 Å². The molecule has 1 aliphatic heterocycles. The van der Waals surface area contributed by atoms with Crippen molar-refractivity contribution in [1.29, 1.82) is 0 Å². The molecule has 6 nitrogen and oxygen atoms in total. The number of nitrogens with two attached hydrogens (primary N) is 1. The largest absolute Gasteiger partial charge is 0.318 e. The van der Waals surface area contributed by atoms with Crippen molar-refractivity contribution in [2.24, 2.45) is 5.73 Å². The lowest BCUT2D eigenvalue weighted by atomic mass is 10.2. The number of hydrogen-bond donors (Lipinski definition) is 1. The first-order valence-electron chi connectivity index (χ1n) is 5.42. The highest BCUT2D eigenvalue weighted by molar-refractivity contribution is 7.92. The Morgan fingerprint density at radius 1 is 1.28 bits per heavy atom. The van der Waals surface area contributed by atoms with E-state index < -0.39 is 16.1 Å². The molecule has 0 radical (unpaired) electrons. The predicted octanol–water partition coefficient (Wildman–Crippen LogP) is -0.244. The van der Waals surface area contributed by atoms with E-state index in [0.717, 1.165) is 6.26 Å². The van der Waals surface area contributed by atoms with Crippen LogP contribution in [0.4, 0.5) is 11.4 Å². The zero-order chi connectivity index (χ0) is 13.5. The van der Waals surface area contributed by atoms with E-state index in [4.69, 9.17) is 5.73 Å². The molecular formula is C11H15N3O3S. The minimum atomic E-state index is -3.47. The Balaban J connectivity index is 2.65. The number of likely N-dealkylation sites (N-methyl/N-ethyl adjacent to an activating group) is 1. The van der Waals surface area contributed by atoms with E-state index in [0.29, 0.717) is 11.4 Å². The highest BCUT2D eigenvalue weighted by Gasteiger charge is 2.32. The summed E-state index contributed by atoms with van der Waals surface area (Å²) in [6, 6.07) is 5.98. The summed E-state index contributed by atoms with van der Waals surface area (Å²) < 4.78 is 24.8. The van der Waals surface area contributed by atoms with Crippen LogP contribution in [0, 0.1) is 0 Å². The van der Waals surface area contributed by atoms with Gasteiger partial charge in [-0.3, -0.25) is 9.10 Å². The molecule has 1 heterocycles. The van der Waals surface area contributed by atoms with Crippen LogP contribution in [0.5, 0.6) is 0 Å². The number of amides is 1. The maximum absolute atomic E-state index is 12.0. The van der Waals surface area contributed by atoms with Crippen molar-refractivity contribution in [2.45, 2.75) is 6.04 Å². The van der Waals surface area contributed by atoms with Gasteiger partial charge in [0.25, 0.3) is 0 Å². The second-order valence-corrected chi connectivity index (χ2v) is 6.19. The van der Waals surface area contributed by atoms with Crippen molar-refractivity contribution in [2.75, 3.05) is 29.1 Å². The van der Waals surface area contributed by atoms with Crippen LogP contribution < -0.4 is 14.9 Å². The number of para-hydroxylation sites is 2. The van der Waals surface area contributed by atoms with Crippen molar-refractivity contribution < 1.29 is 13.2 Å². The van der Waals surface area contributed by atoms with Crippen LogP contribution in [0.1, 0.15) is 0 Å². The van der Waals surface area contributed by atoms with Crippen LogP contribution in [0.2, 0.25) is 0 Å². The van der Waals surface area contributed by atoms with Crippen LogP contribution in [0.3, 0.4) is 0 Å². The highest BCUT2D eigenvalue weighted by atomic mass is 32.2. The van der Waals surface area contributed by atoms with Gasteiger partial charge in [-0.05, 0) is 12.1 Å². The monoisotopic (exact) mass is 269 g/mol. The predicted molar refractivity (Wildman–Crippen MR) is 70.0 cm³/mol. The van der Waals surface area contributed by atoms with Gasteiger partial charge in [0.2, 0.25) is 15.9 Å². The Bertz CT molecular complexity index is 585. The van der Waals surface area contributed by atoms with Crippen molar-refractivity contribution in [1.82, 2.24) is 0 Å². The number of benzene rings is 1. The third-order valence-corrected chi connectivity index (χ3v) is 4.07. The molecule has 1 aliphatic rings. The average molecular weight is 269 g/mol. The molecule has 1 aromatic rings. The van der Waals surface area contributed by atoms with Crippen LogP contribution >= 0.6 is 0 Å². The van der Waals surface area contributed by atoms with Gasteiger partial charge in [0.05, 0.1) is 24.2 Å². The maximum Gasteiger partial charge on any atom is 0.245 e. The summed E-state index contributed by atoms with van der Waals surface area (Å²) in [7, 11) is -1.88. The summed E-state index contributed by atoms with van der Waals surface area (Å²) in [5.41, 5.74) is 6.76. The summed E-state index contributed by atoms with van der Waals surface area (Å²) in [6.07, 6.45) is 1.10. The number of carbonyl (C=O) groups is 1.